The third-order valence-corrected chi connectivity index (χ3v) is 3.53. The fraction of sp³-hybridized carbons (Fsp3) is 0.909. The summed E-state index contributed by atoms with van der Waals surface area (Å²) in [5.74, 6) is 0.866. The maximum Gasteiger partial charge on any atom is 0.0549 e. The molecule has 2 aliphatic rings. The SMILES string of the molecule is CCC1CC(C)N=CC2(CCN2)C1. The van der Waals surface area contributed by atoms with E-state index in [1.165, 1.54) is 32.2 Å². The lowest BCUT2D eigenvalue weighted by atomic mass is 9.79. The van der Waals surface area contributed by atoms with E-state index < -0.39 is 0 Å². The Labute approximate surface area is 80.8 Å². The Morgan fingerprint density at radius 2 is 2.38 bits per heavy atom. The Balaban J connectivity index is 2.08. The van der Waals surface area contributed by atoms with Gasteiger partial charge in [0, 0.05) is 12.3 Å². The van der Waals surface area contributed by atoms with Crippen LogP contribution in [0.3, 0.4) is 0 Å². The quantitative estimate of drug-likeness (QED) is 0.655. The van der Waals surface area contributed by atoms with Gasteiger partial charge >= 0.3 is 0 Å². The van der Waals surface area contributed by atoms with E-state index in [4.69, 9.17) is 0 Å². The molecule has 3 atom stereocenters. The minimum atomic E-state index is 0.297. The highest BCUT2D eigenvalue weighted by Crippen LogP contribution is 2.32. The number of hydrogen-bond donors (Lipinski definition) is 1. The van der Waals surface area contributed by atoms with Gasteiger partial charge in [0.2, 0.25) is 0 Å². The zero-order valence-corrected chi connectivity index (χ0v) is 8.71. The summed E-state index contributed by atoms with van der Waals surface area (Å²) in [5.41, 5.74) is 0.297. The molecule has 0 amide bonds. The zero-order valence-electron chi connectivity index (χ0n) is 8.71. The van der Waals surface area contributed by atoms with Crippen LogP contribution in [0.4, 0.5) is 0 Å². The van der Waals surface area contributed by atoms with Crippen molar-refractivity contribution in [2.24, 2.45) is 10.9 Å². The largest absolute Gasteiger partial charge is 0.306 e. The van der Waals surface area contributed by atoms with Gasteiger partial charge in [-0.1, -0.05) is 13.3 Å². The van der Waals surface area contributed by atoms with Gasteiger partial charge in [-0.2, -0.15) is 0 Å². The Morgan fingerprint density at radius 1 is 1.62 bits per heavy atom. The molecule has 2 rings (SSSR count). The molecular formula is C11H20N2. The van der Waals surface area contributed by atoms with Crippen molar-refractivity contribution in [2.75, 3.05) is 6.54 Å². The number of nitrogens with one attached hydrogen (secondary N) is 1. The summed E-state index contributed by atoms with van der Waals surface area (Å²) in [5, 5.41) is 3.54. The molecule has 2 aliphatic heterocycles. The molecule has 74 valence electrons. The fourth-order valence-corrected chi connectivity index (χ4v) is 2.51. The van der Waals surface area contributed by atoms with Crippen molar-refractivity contribution in [1.82, 2.24) is 5.32 Å². The molecule has 1 N–H and O–H groups in total. The van der Waals surface area contributed by atoms with E-state index in [0.717, 1.165) is 5.92 Å². The van der Waals surface area contributed by atoms with E-state index in [9.17, 15) is 0 Å². The molecule has 1 saturated heterocycles. The van der Waals surface area contributed by atoms with Gasteiger partial charge in [0.1, 0.15) is 0 Å². The molecule has 3 unspecified atom stereocenters. The molecule has 2 nitrogen and oxygen atoms in total. The van der Waals surface area contributed by atoms with Crippen LogP contribution in [0, 0.1) is 5.92 Å². The second kappa shape index (κ2) is 3.41. The Bertz CT molecular complexity index is 206. The second-order valence-electron chi connectivity index (χ2n) is 4.67. The van der Waals surface area contributed by atoms with Crippen molar-refractivity contribution in [1.29, 1.82) is 0 Å². The third kappa shape index (κ3) is 1.78. The summed E-state index contributed by atoms with van der Waals surface area (Å²) in [7, 11) is 0. The van der Waals surface area contributed by atoms with Crippen molar-refractivity contribution in [3.8, 4) is 0 Å². The molecule has 13 heavy (non-hydrogen) atoms. The predicted octanol–water partition coefficient (Wildman–Crippen LogP) is 2.00. The smallest absolute Gasteiger partial charge is 0.0549 e. The lowest BCUT2D eigenvalue weighted by molar-refractivity contribution is 0.237. The van der Waals surface area contributed by atoms with Crippen LogP contribution in [0.15, 0.2) is 4.99 Å². The molecule has 0 aromatic carbocycles. The Kier molecular flexibility index (Phi) is 2.41. The fourth-order valence-electron chi connectivity index (χ4n) is 2.51. The minimum absolute atomic E-state index is 0.297. The molecule has 2 heterocycles. The monoisotopic (exact) mass is 180 g/mol. The lowest BCUT2D eigenvalue weighted by Crippen LogP contribution is -2.58. The maximum atomic E-state index is 4.61. The van der Waals surface area contributed by atoms with E-state index in [0.29, 0.717) is 11.6 Å². The van der Waals surface area contributed by atoms with E-state index in [2.05, 4.69) is 30.4 Å². The van der Waals surface area contributed by atoms with Crippen LogP contribution in [-0.4, -0.2) is 24.3 Å². The normalized spacial score (nSPS) is 44.5. The van der Waals surface area contributed by atoms with E-state index in [1.807, 2.05) is 0 Å². The predicted molar refractivity (Wildman–Crippen MR) is 56.3 cm³/mol. The molecule has 0 aromatic rings. The highest BCUT2D eigenvalue weighted by molar-refractivity contribution is 5.72. The van der Waals surface area contributed by atoms with Gasteiger partial charge in [-0.25, -0.2) is 0 Å². The average molecular weight is 180 g/mol. The van der Waals surface area contributed by atoms with Crippen molar-refractivity contribution >= 4 is 6.21 Å². The van der Waals surface area contributed by atoms with Gasteiger partial charge in [0.05, 0.1) is 5.54 Å². The van der Waals surface area contributed by atoms with Gasteiger partial charge in [-0.15, -0.1) is 0 Å². The highest BCUT2D eigenvalue weighted by atomic mass is 15.1. The Hall–Kier alpha value is -0.370. The van der Waals surface area contributed by atoms with Gasteiger partial charge < -0.3 is 5.32 Å². The molecule has 1 spiro atoms. The number of hydrogen-bond acceptors (Lipinski definition) is 2. The van der Waals surface area contributed by atoms with Crippen LogP contribution in [-0.2, 0) is 0 Å². The van der Waals surface area contributed by atoms with Crippen LogP contribution in [0.2, 0.25) is 0 Å². The molecule has 0 radical (unpaired) electrons. The summed E-state index contributed by atoms with van der Waals surface area (Å²) in [6, 6.07) is 0.534. The average Bonchev–Trinajstić information content (AvgIpc) is 2.23. The summed E-state index contributed by atoms with van der Waals surface area (Å²) in [4.78, 5) is 4.61. The van der Waals surface area contributed by atoms with E-state index in [1.54, 1.807) is 0 Å². The zero-order chi connectivity index (χ0) is 9.31. The summed E-state index contributed by atoms with van der Waals surface area (Å²) in [6.07, 6.45) is 7.36. The highest BCUT2D eigenvalue weighted by Gasteiger charge is 2.38. The lowest BCUT2D eigenvalue weighted by Gasteiger charge is -2.41. The molecule has 0 aromatic heterocycles. The van der Waals surface area contributed by atoms with Crippen LogP contribution >= 0.6 is 0 Å². The first-order valence-electron chi connectivity index (χ1n) is 5.53. The first-order chi connectivity index (χ1) is 6.24. The minimum Gasteiger partial charge on any atom is -0.306 e. The number of nitrogens with zero attached hydrogens (tertiary/aromatic N) is 1. The maximum absolute atomic E-state index is 4.61. The Morgan fingerprint density at radius 3 is 2.92 bits per heavy atom. The van der Waals surface area contributed by atoms with Crippen molar-refractivity contribution in [3.05, 3.63) is 0 Å². The number of aliphatic imine (C=N–C) groups is 1. The van der Waals surface area contributed by atoms with Crippen LogP contribution in [0.25, 0.3) is 0 Å². The topological polar surface area (TPSA) is 24.4 Å². The molecule has 0 bridgehead atoms. The van der Waals surface area contributed by atoms with E-state index >= 15 is 0 Å². The van der Waals surface area contributed by atoms with Gasteiger partial charge in [-0.05, 0) is 38.6 Å². The van der Waals surface area contributed by atoms with Gasteiger partial charge in [0.25, 0.3) is 0 Å². The molecule has 1 fully saturated rings. The third-order valence-electron chi connectivity index (χ3n) is 3.53. The van der Waals surface area contributed by atoms with Gasteiger partial charge in [-0.3, -0.25) is 4.99 Å². The van der Waals surface area contributed by atoms with Crippen molar-refractivity contribution in [3.63, 3.8) is 0 Å². The number of rotatable bonds is 1. The van der Waals surface area contributed by atoms with Crippen LogP contribution in [0.5, 0.6) is 0 Å². The van der Waals surface area contributed by atoms with Gasteiger partial charge in [0.15, 0.2) is 0 Å². The molecule has 2 heteroatoms. The van der Waals surface area contributed by atoms with Crippen molar-refractivity contribution < 1.29 is 0 Å². The summed E-state index contributed by atoms with van der Waals surface area (Å²) >= 11 is 0. The standard InChI is InChI=1S/C11H20N2/c1-3-10-6-9(2)12-8-11(7-10)4-5-13-11/h8-10,13H,3-7H2,1-2H3. The second-order valence-corrected chi connectivity index (χ2v) is 4.67. The van der Waals surface area contributed by atoms with Crippen LogP contribution < -0.4 is 5.32 Å². The van der Waals surface area contributed by atoms with Crippen molar-refractivity contribution in [2.45, 2.75) is 51.1 Å². The summed E-state index contributed by atoms with van der Waals surface area (Å²) in [6.45, 7) is 5.71. The summed E-state index contributed by atoms with van der Waals surface area (Å²) < 4.78 is 0. The first-order valence-corrected chi connectivity index (χ1v) is 5.53. The molecule has 0 aliphatic carbocycles. The molecular weight excluding hydrogens is 160 g/mol. The van der Waals surface area contributed by atoms with Crippen LogP contribution in [0.1, 0.15) is 39.5 Å². The van der Waals surface area contributed by atoms with E-state index in [-0.39, 0.29) is 0 Å². The molecule has 0 saturated carbocycles. The first kappa shape index (κ1) is 9.20.